The van der Waals surface area contributed by atoms with Crippen molar-refractivity contribution in [1.82, 2.24) is 10.2 Å². The summed E-state index contributed by atoms with van der Waals surface area (Å²) in [7, 11) is 0. The van der Waals surface area contributed by atoms with Crippen LogP contribution in [-0.2, 0) is 9.53 Å². The van der Waals surface area contributed by atoms with Crippen molar-refractivity contribution in [2.45, 2.75) is 84.1 Å². The molecule has 0 bridgehead atoms. The van der Waals surface area contributed by atoms with Crippen LogP contribution < -0.4 is 5.32 Å². The van der Waals surface area contributed by atoms with Crippen LogP contribution in [0.2, 0.25) is 0 Å². The number of carbonyl (C=O) groups is 1. The molecule has 1 aliphatic carbocycles. The molecular formula is C19H36N2O3. The third-order valence-corrected chi connectivity index (χ3v) is 5.46. The SMILES string of the molecule is CC(C)[C@@H](C(=O)N[C@@H]1CCCCC[C@@H]1CO)N1C[C@@H](C)O[C@@H](C)C1. The maximum atomic E-state index is 13.1. The molecular weight excluding hydrogens is 304 g/mol. The number of aliphatic hydroxyl groups is 1. The number of ether oxygens (including phenoxy) is 1. The van der Waals surface area contributed by atoms with Crippen molar-refractivity contribution in [2.75, 3.05) is 19.7 Å². The molecule has 0 aromatic heterocycles. The molecule has 5 atom stereocenters. The minimum absolute atomic E-state index is 0.113. The number of rotatable bonds is 5. The monoisotopic (exact) mass is 340 g/mol. The zero-order valence-corrected chi connectivity index (χ0v) is 15.8. The molecule has 2 fully saturated rings. The predicted molar refractivity (Wildman–Crippen MR) is 95.8 cm³/mol. The molecule has 5 heteroatoms. The summed E-state index contributed by atoms with van der Waals surface area (Å²) >= 11 is 0. The lowest BCUT2D eigenvalue weighted by atomic mass is 9.93. The molecule has 2 aliphatic rings. The molecule has 1 aliphatic heterocycles. The van der Waals surface area contributed by atoms with Gasteiger partial charge in [-0.2, -0.15) is 0 Å². The van der Waals surface area contributed by atoms with Crippen molar-refractivity contribution in [2.24, 2.45) is 11.8 Å². The molecule has 1 saturated heterocycles. The zero-order chi connectivity index (χ0) is 17.7. The number of carbonyl (C=O) groups excluding carboxylic acids is 1. The molecule has 2 rings (SSSR count). The van der Waals surface area contributed by atoms with Gasteiger partial charge >= 0.3 is 0 Å². The highest BCUT2D eigenvalue weighted by Gasteiger charge is 2.36. The van der Waals surface area contributed by atoms with Gasteiger partial charge in [0.25, 0.3) is 0 Å². The highest BCUT2D eigenvalue weighted by atomic mass is 16.5. The van der Waals surface area contributed by atoms with Crippen molar-refractivity contribution >= 4 is 5.91 Å². The lowest BCUT2D eigenvalue weighted by molar-refractivity contribution is -0.136. The third kappa shape index (κ3) is 5.17. The van der Waals surface area contributed by atoms with E-state index in [2.05, 4.69) is 37.9 Å². The smallest absolute Gasteiger partial charge is 0.237 e. The Kier molecular flexibility index (Phi) is 7.51. The van der Waals surface area contributed by atoms with E-state index in [1.165, 1.54) is 6.42 Å². The maximum Gasteiger partial charge on any atom is 0.237 e. The normalized spacial score (nSPS) is 33.9. The van der Waals surface area contributed by atoms with Gasteiger partial charge in [-0.3, -0.25) is 9.69 Å². The minimum atomic E-state index is -0.124. The van der Waals surface area contributed by atoms with Crippen LogP contribution in [0.3, 0.4) is 0 Å². The van der Waals surface area contributed by atoms with Gasteiger partial charge in [0.2, 0.25) is 5.91 Å². The van der Waals surface area contributed by atoms with Crippen LogP contribution >= 0.6 is 0 Å². The van der Waals surface area contributed by atoms with Crippen LogP contribution in [0.5, 0.6) is 0 Å². The first-order valence-electron chi connectivity index (χ1n) is 9.73. The zero-order valence-electron chi connectivity index (χ0n) is 15.8. The van der Waals surface area contributed by atoms with E-state index in [4.69, 9.17) is 4.74 Å². The van der Waals surface area contributed by atoms with Gasteiger partial charge in [0.05, 0.1) is 18.2 Å². The van der Waals surface area contributed by atoms with E-state index in [9.17, 15) is 9.90 Å². The Morgan fingerprint density at radius 3 is 2.38 bits per heavy atom. The molecule has 0 unspecified atom stereocenters. The summed E-state index contributed by atoms with van der Waals surface area (Å²) in [5, 5.41) is 13.0. The van der Waals surface area contributed by atoms with Gasteiger partial charge in [0.1, 0.15) is 0 Å². The van der Waals surface area contributed by atoms with E-state index in [0.29, 0.717) is 0 Å². The molecule has 1 saturated carbocycles. The Morgan fingerprint density at radius 2 is 1.79 bits per heavy atom. The van der Waals surface area contributed by atoms with Crippen LogP contribution in [0.4, 0.5) is 0 Å². The molecule has 140 valence electrons. The number of morpholine rings is 1. The Bertz CT molecular complexity index is 392. The second-order valence-corrected chi connectivity index (χ2v) is 8.10. The number of hydrogen-bond acceptors (Lipinski definition) is 4. The number of nitrogens with one attached hydrogen (secondary N) is 1. The van der Waals surface area contributed by atoms with E-state index < -0.39 is 0 Å². The predicted octanol–water partition coefficient (Wildman–Crippen LogP) is 2.18. The maximum absolute atomic E-state index is 13.1. The van der Waals surface area contributed by atoms with E-state index in [-0.39, 0.29) is 48.6 Å². The van der Waals surface area contributed by atoms with Crippen molar-refractivity contribution < 1.29 is 14.6 Å². The lowest BCUT2D eigenvalue weighted by Gasteiger charge is -2.41. The van der Waals surface area contributed by atoms with Gasteiger partial charge in [-0.25, -0.2) is 0 Å². The van der Waals surface area contributed by atoms with Crippen LogP contribution in [0.15, 0.2) is 0 Å². The van der Waals surface area contributed by atoms with Gasteiger partial charge in [-0.05, 0) is 32.6 Å². The molecule has 5 nitrogen and oxygen atoms in total. The van der Waals surface area contributed by atoms with Gasteiger partial charge < -0.3 is 15.2 Å². The summed E-state index contributed by atoms with van der Waals surface area (Å²) in [6.45, 7) is 10.2. The van der Waals surface area contributed by atoms with Gasteiger partial charge in [0.15, 0.2) is 0 Å². The Labute approximate surface area is 147 Å². The molecule has 24 heavy (non-hydrogen) atoms. The number of hydrogen-bond donors (Lipinski definition) is 2. The van der Waals surface area contributed by atoms with Crippen molar-refractivity contribution in [3.8, 4) is 0 Å². The van der Waals surface area contributed by atoms with E-state index >= 15 is 0 Å². The summed E-state index contributed by atoms with van der Waals surface area (Å²) in [6.07, 6.45) is 5.81. The highest BCUT2D eigenvalue weighted by Crippen LogP contribution is 2.24. The summed E-state index contributed by atoms with van der Waals surface area (Å²) in [4.78, 5) is 15.3. The molecule has 0 radical (unpaired) electrons. The van der Waals surface area contributed by atoms with Crippen LogP contribution in [-0.4, -0.2) is 59.9 Å². The van der Waals surface area contributed by atoms with E-state index in [1.807, 2.05) is 0 Å². The Morgan fingerprint density at radius 1 is 1.17 bits per heavy atom. The molecule has 0 aromatic rings. The fourth-order valence-corrected chi connectivity index (χ4v) is 4.40. The van der Waals surface area contributed by atoms with Crippen molar-refractivity contribution in [3.63, 3.8) is 0 Å². The number of amides is 1. The first-order valence-corrected chi connectivity index (χ1v) is 9.73. The Hall–Kier alpha value is -0.650. The topological polar surface area (TPSA) is 61.8 Å². The van der Waals surface area contributed by atoms with Crippen molar-refractivity contribution in [3.05, 3.63) is 0 Å². The minimum Gasteiger partial charge on any atom is -0.396 e. The largest absolute Gasteiger partial charge is 0.396 e. The average molecular weight is 341 g/mol. The molecule has 0 spiro atoms. The van der Waals surface area contributed by atoms with Gasteiger partial charge in [0, 0.05) is 31.7 Å². The quantitative estimate of drug-likeness (QED) is 0.753. The van der Waals surface area contributed by atoms with Crippen LogP contribution in [0, 0.1) is 11.8 Å². The third-order valence-electron chi connectivity index (χ3n) is 5.46. The second kappa shape index (κ2) is 9.16. The molecule has 1 amide bonds. The summed E-state index contributed by atoms with van der Waals surface area (Å²) < 4.78 is 5.82. The van der Waals surface area contributed by atoms with Crippen LogP contribution in [0.1, 0.15) is 59.8 Å². The second-order valence-electron chi connectivity index (χ2n) is 8.10. The first-order chi connectivity index (χ1) is 11.4. The van der Waals surface area contributed by atoms with Gasteiger partial charge in [-0.15, -0.1) is 0 Å². The summed E-state index contributed by atoms with van der Waals surface area (Å²) in [6, 6.07) is -0.0106. The van der Waals surface area contributed by atoms with Crippen LogP contribution in [0.25, 0.3) is 0 Å². The summed E-state index contributed by atoms with van der Waals surface area (Å²) in [5.41, 5.74) is 0. The van der Waals surface area contributed by atoms with Crippen molar-refractivity contribution in [1.29, 1.82) is 0 Å². The van der Waals surface area contributed by atoms with Gasteiger partial charge in [-0.1, -0.05) is 33.1 Å². The van der Waals surface area contributed by atoms with E-state index in [0.717, 1.165) is 38.8 Å². The molecule has 0 aromatic carbocycles. The summed E-state index contributed by atoms with van der Waals surface area (Å²) in [5.74, 6) is 0.573. The fraction of sp³-hybridized carbons (Fsp3) is 0.947. The molecule has 1 heterocycles. The molecule has 2 N–H and O–H groups in total. The number of aliphatic hydroxyl groups excluding tert-OH is 1. The van der Waals surface area contributed by atoms with E-state index in [1.54, 1.807) is 0 Å². The first kappa shape index (κ1) is 19.7. The average Bonchev–Trinajstić information content (AvgIpc) is 2.70. The lowest BCUT2D eigenvalue weighted by Crippen LogP contribution is -2.58. The standard InChI is InChI=1S/C19H36N2O3/c1-13(2)18(21-10-14(3)24-15(4)11-21)19(23)20-17-9-7-5-6-8-16(17)12-22/h13-18,22H,5-12H2,1-4H3,(H,20,23)/t14-,15+,16-,17-,18+/m1/s1. The highest BCUT2D eigenvalue weighted by molar-refractivity contribution is 5.82. The number of nitrogens with zero attached hydrogens (tertiary/aromatic N) is 1. The fourth-order valence-electron chi connectivity index (χ4n) is 4.40. The Balaban J connectivity index is 2.05.